The summed E-state index contributed by atoms with van der Waals surface area (Å²) in [7, 11) is -8.94. The van der Waals surface area contributed by atoms with Crippen LogP contribution in [0.1, 0.15) is 13.8 Å². The van der Waals surface area contributed by atoms with Gasteiger partial charge < -0.3 is 10.2 Å². The molecule has 0 bridgehead atoms. The topological polar surface area (TPSA) is 123 Å². The van der Waals surface area contributed by atoms with Gasteiger partial charge in [-0.05, 0) is 13.8 Å². The molecule has 0 saturated carbocycles. The third-order valence-electron chi connectivity index (χ3n) is 1.07. The standard InChI is InChI=1S/C4H10NO6S2/c1-3(6)12(8,9)5-13(10,11)4(2)7/h3-4,6-7H,1-2H3. The molecule has 2 N–H and O–H groups in total. The molecule has 0 aliphatic rings. The van der Waals surface area contributed by atoms with E-state index in [-0.39, 0.29) is 0 Å². The van der Waals surface area contributed by atoms with E-state index in [9.17, 15) is 16.8 Å². The minimum absolute atomic E-state index is 0.858. The number of rotatable bonds is 4. The zero-order chi connectivity index (χ0) is 10.9. The zero-order valence-corrected chi connectivity index (χ0v) is 8.58. The first-order chi connectivity index (χ1) is 5.59. The van der Waals surface area contributed by atoms with Crippen LogP contribution in [0.2, 0.25) is 0 Å². The summed E-state index contributed by atoms with van der Waals surface area (Å²) in [5.74, 6) is 0. The number of nitrogens with zero attached hydrogens (tertiary/aromatic N) is 1. The van der Waals surface area contributed by atoms with Gasteiger partial charge in [-0.15, -0.1) is 0 Å². The molecule has 0 spiro atoms. The fraction of sp³-hybridized carbons (Fsp3) is 1.00. The maximum atomic E-state index is 10.7. The first-order valence-corrected chi connectivity index (χ1v) is 6.18. The van der Waals surface area contributed by atoms with Crippen LogP contribution in [-0.4, -0.2) is 37.9 Å². The summed E-state index contributed by atoms with van der Waals surface area (Å²) < 4.78 is 45.4. The van der Waals surface area contributed by atoms with Gasteiger partial charge in [0.1, 0.15) is 0 Å². The first kappa shape index (κ1) is 12.8. The Morgan fingerprint density at radius 2 is 1.15 bits per heavy atom. The van der Waals surface area contributed by atoms with Gasteiger partial charge in [-0.2, -0.15) is 0 Å². The third-order valence-corrected chi connectivity index (χ3v) is 4.46. The van der Waals surface area contributed by atoms with Gasteiger partial charge in [0.05, 0.1) is 0 Å². The van der Waals surface area contributed by atoms with E-state index in [0.717, 1.165) is 13.8 Å². The molecule has 0 aromatic rings. The van der Waals surface area contributed by atoms with Crippen LogP contribution >= 0.6 is 0 Å². The Morgan fingerprint density at radius 3 is 1.31 bits per heavy atom. The van der Waals surface area contributed by atoms with Crippen molar-refractivity contribution in [1.29, 1.82) is 0 Å². The Balaban J connectivity index is 4.86. The van der Waals surface area contributed by atoms with E-state index in [1.165, 1.54) is 0 Å². The van der Waals surface area contributed by atoms with Crippen molar-refractivity contribution in [2.24, 2.45) is 0 Å². The molecule has 0 fully saturated rings. The lowest BCUT2D eigenvalue weighted by molar-refractivity contribution is 0.262. The highest BCUT2D eigenvalue weighted by Gasteiger charge is 2.30. The van der Waals surface area contributed by atoms with Crippen molar-refractivity contribution >= 4 is 20.0 Å². The number of aliphatic hydroxyl groups excluding tert-OH is 2. The van der Waals surface area contributed by atoms with Crippen molar-refractivity contribution in [3.63, 3.8) is 0 Å². The second-order valence-electron chi connectivity index (χ2n) is 2.30. The van der Waals surface area contributed by atoms with Crippen molar-refractivity contribution < 1.29 is 27.0 Å². The smallest absolute Gasteiger partial charge is 0.269 e. The molecule has 79 valence electrons. The van der Waals surface area contributed by atoms with E-state index in [0.29, 0.717) is 0 Å². The van der Waals surface area contributed by atoms with Gasteiger partial charge in [0, 0.05) is 4.13 Å². The second kappa shape index (κ2) is 3.88. The maximum absolute atomic E-state index is 10.7. The van der Waals surface area contributed by atoms with Crippen molar-refractivity contribution in [2.75, 3.05) is 0 Å². The summed E-state index contributed by atoms with van der Waals surface area (Å²) in [5, 5.41) is 17.2. The fourth-order valence-corrected chi connectivity index (χ4v) is 2.42. The largest absolute Gasteiger partial charge is 0.376 e. The van der Waals surface area contributed by atoms with Crippen LogP contribution in [0.4, 0.5) is 0 Å². The number of hydrogen-bond donors (Lipinski definition) is 2. The van der Waals surface area contributed by atoms with Gasteiger partial charge >= 0.3 is 0 Å². The fourth-order valence-electron chi connectivity index (χ4n) is 0.269. The molecule has 0 rings (SSSR count). The van der Waals surface area contributed by atoms with E-state index in [1.807, 2.05) is 0 Å². The van der Waals surface area contributed by atoms with Crippen LogP contribution in [0, 0.1) is 0 Å². The van der Waals surface area contributed by atoms with Crippen LogP contribution in [-0.2, 0) is 20.0 Å². The Morgan fingerprint density at radius 1 is 0.923 bits per heavy atom. The lowest BCUT2D eigenvalue weighted by Gasteiger charge is -2.08. The van der Waals surface area contributed by atoms with Crippen molar-refractivity contribution in [3.05, 3.63) is 0 Å². The highest BCUT2D eigenvalue weighted by molar-refractivity contribution is 8.04. The molecule has 1 radical (unpaired) electrons. The molecule has 2 unspecified atom stereocenters. The summed E-state index contributed by atoms with van der Waals surface area (Å²) in [6, 6.07) is 0. The van der Waals surface area contributed by atoms with Gasteiger partial charge in [-0.3, -0.25) is 0 Å². The van der Waals surface area contributed by atoms with E-state index in [4.69, 9.17) is 10.2 Å². The van der Waals surface area contributed by atoms with Gasteiger partial charge in [-0.25, -0.2) is 16.8 Å². The molecule has 0 aromatic heterocycles. The number of sulfonamides is 2. The summed E-state index contributed by atoms with van der Waals surface area (Å²) >= 11 is 0. The van der Waals surface area contributed by atoms with E-state index in [2.05, 4.69) is 4.13 Å². The average molecular weight is 232 g/mol. The molecular formula is C4H10NO6S2. The molecule has 0 saturated heterocycles. The average Bonchev–Trinajstić information content (AvgIpc) is 1.83. The minimum atomic E-state index is -4.47. The Kier molecular flexibility index (Phi) is 3.82. The van der Waals surface area contributed by atoms with Crippen LogP contribution < -0.4 is 4.13 Å². The van der Waals surface area contributed by atoms with Gasteiger partial charge in [0.25, 0.3) is 20.0 Å². The molecular weight excluding hydrogens is 222 g/mol. The van der Waals surface area contributed by atoms with Crippen molar-refractivity contribution in [1.82, 2.24) is 4.13 Å². The molecule has 7 nitrogen and oxygen atoms in total. The van der Waals surface area contributed by atoms with E-state index in [1.54, 1.807) is 0 Å². The molecule has 0 aliphatic heterocycles. The lowest BCUT2D eigenvalue weighted by Crippen LogP contribution is -2.35. The van der Waals surface area contributed by atoms with Gasteiger partial charge in [0.2, 0.25) is 0 Å². The van der Waals surface area contributed by atoms with Crippen molar-refractivity contribution in [3.8, 4) is 0 Å². The summed E-state index contributed by atoms with van der Waals surface area (Å²) in [6.07, 6.45) is 0. The lowest BCUT2D eigenvalue weighted by atomic mass is 10.9. The number of aliphatic hydroxyl groups is 2. The molecule has 2 atom stereocenters. The first-order valence-electron chi connectivity index (χ1n) is 3.17. The highest BCUT2D eigenvalue weighted by atomic mass is 32.3. The predicted octanol–water partition coefficient (Wildman–Crippen LogP) is -2.07. The van der Waals surface area contributed by atoms with Crippen LogP contribution in [0.25, 0.3) is 0 Å². The monoisotopic (exact) mass is 232 g/mol. The molecule has 9 heteroatoms. The molecule has 13 heavy (non-hydrogen) atoms. The Hall–Kier alpha value is -0.220. The van der Waals surface area contributed by atoms with Gasteiger partial charge in [0.15, 0.2) is 10.9 Å². The SMILES string of the molecule is CC(O)S(=O)(=O)[N]S(=O)(=O)C(C)O. The normalized spacial score (nSPS) is 18.2. The quantitative estimate of drug-likeness (QED) is 0.574. The summed E-state index contributed by atoms with van der Waals surface area (Å²) in [5.41, 5.74) is -3.83. The highest BCUT2D eigenvalue weighted by Crippen LogP contribution is 2.03. The maximum Gasteiger partial charge on any atom is 0.269 e. The molecule has 0 amide bonds. The summed E-state index contributed by atoms with van der Waals surface area (Å²) in [4.78, 5) is 0. The van der Waals surface area contributed by atoms with Crippen LogP contribution in [0.15, 0.2) is 0 Å². The second-order valence-corrected chi connectivity index (χ2v) is 6.32. The molecule has 0 aliphatic carbocycles. The van der Waals surface area contributed by atoms with Crippen molar-refractivity contribution in [2.45, 2.75) is 24.7 Å². The molecule has 0 heterocycles. The Labute approximate surface area is 76.5 Å². The summed E-state index contributed by atoms with van der Waals surface area (Å²) in [6.45, 7) is 1.72. The van der Waals surface area contributed by atoms with E-state index >= 15 is 0 Å². The predicted molar refractivity (Wildman–Crippen MR) is 43.3 cm³/mol. The zero-order valence-electron chi connectivity index (χ0n) is 6.95. The van der Waals surface area contributed by atoms with Crippen LogP contribution in [0.3, 0.4) is 0 Å². The minimum Gasteiger partial charge on any atom is -0.376 e. The molecule has 0 aromatic carbocycles. The van der Waals surface area contributed by atoms with E-state index < -0.39 is 30.9 Å². The Bertz CT molecular complexity index is 316. The third kappa shape index (κ3) is 3.56. The number of hydrogen-bond acceptors (Lipinski definition) is 6. The van der Waals surface area contributed by atoms with Crippen LogP contribution in [0.5, 0.6) is 0 Å². The van der Waals surface area contributed by atoms with Gasteiger partial charge in [-0.1, -0.05) is 0 Å².